The summed E-state index contributed by atoms with van der Waals surface area (Å²) in [5, 5.41) is 10.0. The Morgan fingerprint density at radius 3 is 2.60 bits per heavy atom. The fourth-order valence-electron chi connectivity index (χ4n) is 5.50. The maximum absolute atomic E-state index is 14.0. The van der Waals surface area contributed by atoms with Crippen LogP contribution in [0.5, 0.6) is 5.88 Å². The van der Waals surface area contributed by atoms with E-state index in [1.165, 1.54) is 6.20 Å². The summed E-state index contributed by atoms with van der Waals surface area (Å²) in [4.78, 5) is 9.10. The van der Waals surface area contributed by atoms with Gasteiger partial charge in [-0.25, -0.2) is 4.98 Å². The first-order valence-corrected chi connectivity index (χ1v) is 14.8. The predicted molar refractivity (Wildman–Crippen MR) is 172 cm³/mol. The summed E-state index contributed by atoms with van der Waals surface area (Å²) in [6, 6.07) is 12.3. The average molecular weight is 636 g/mol. The minimum absolute atomic E-state index is 0.000173. The van der Waals surface area contributed by atoms with Crippen LogP contribution in [0, 0.1) is 17.8 Å². The number of ether oxygens (including phenoxy) is 1. The zero-order valence-electron chi connectivity index (χ0n) is 25.2. The van der Waals surface area contributed by atoms with Gasteiger partial charge in [0.25, 0.3) is 0 Å². The van der Waals surface area contributed by atoms with Crippen LogP contribution >= 0.6 is 11.6 Å². The summed E-state index contributed by atoms with van der Waals surface area (Å²) in [6.45, 7) is 6.98. The topological polar surface area (TPSA) is 86.4 Å². The highest BCUT2D eigenvalue weighted by Gasteiger charge is 2.67. The van der Waals surface area contributed by atoms with Crippen LogP contribution in [-0.2, 0) is 0 Å². The molecule has 1 aliphatic heterocycles. The summed E-state index contributed by atoms with van der Waals surface area (Å²) in [5.74, 6) is 3.16. The van der Waals surface area contributed by atoms with E-state index in [4.69, 9.17) is 22.8 Å². The van der Waals surface area contributed by atoms with Gasteiger partial charge in [0.1, 0.15) is 0 Å². The van der Waals surface area contributed by atoms with Crippen LogP contribution in [0.3, 0.4) is 0 Å². The molecule has 3 heterocycles. The van der Waals surface area contributed by atoms with Gasteiger partial charge in [0.15, 0.2) is 5.54 Å². The Labute approximate surface area is 264 Å². The van der Waals surface area contributed by atoms with E-state index in [1.54, 1.807) is 25.4 Å². The van der Waals surface area contributed by atoms with Crippen molar-refractivity contribution in [2.75, 3.05) is 24.3 Å². The molecule has 2 aromatic carbocycles. The highest BCUT2D eigenvalue weighted by molar-refractivity contribution is 6.35. The molecule has 1 atom stereocenters. The van der Waals surface area contributed by atoms with Crippen LogP contribution in [0.25, 0.3) is 21.8 Å². The van der Waals surface area contributed by atoms with Crippen molar-refractivity contribution in [1.82, 2.24) is 25.9 Å². The Morgan fingerprint density at radius 2 is 1.93 bits per heavy atom. The Bertz CT molecular complexity index is 1860. The summed E-state index contributed by atoms with van der Waals surface area (Å²) < 4.78 is 47.4. The minimum Gasteiger partial charge on any atom is -0.481 e. The van der Waals surface area contributed by atoms with Gasteiger partial charge in [-0.1, -0.05) is 50.4 Å². The van der Waals surface area contributed by atoms with Crippen molar-refractivity contribution in [3.8, 4) is 18.2 Å². The monoisotopic (exact) mass is 635 g/mol. The zero-order chi connectivity index (χ0) is 32.1. The molecular formula is C33H33ClF3N7O. The number of anilines is 2. The van der Waals surface area contributed by atoms with Crippen molar-refractivity contribution in [3.05, 3.63) is 76.7 Å². The van der Waals surface area contributed by atoms with Gasteiger partial charge < -0.3 is 20.8 Å². The van der Waals surface area contributed by atoms with Crippen molar-refractivity contribution in [3.63, 3.8) is 0 Å². The first kappa shape index (κ1) is 30.6. The number of nitrogens with one attached hydrogen (secondary N) is 4. The number of benzene rings is 2. The lowest BCUT2D eigenvalue weighted by molar-refractivity contribution is -0.195. The highest BCUT2D eigenvalue weighted by Crippen LogP contribution is 2.54. The maximum atomic E-state index is 14.0. The van der Waals surface area contributed by atoms with Crippen LogP contribution in [0.15, 0.2) is 60.6 Å². The number of hydrazine groups is 2. The number of aromatic nitrogens is 2. The number of nitrogens with zero attached hydrogens (tertiary/aromatic N) is 3. The largest absolute Gasteiger partial charge is 0.481 e. The molecule has 8 nitrogen and oxygen atoms in total. The molecule has 234 valence electrons. The molecule has 4 aromatic rings. The van der Waals surface area contributed by atoms with E-state index < -0.39 is 17.8 Å². The second-order valence-electron chi connectivity index (χ2n) is 12.5. The van der Waals surface area contributed by atoms with Gasteiger partial charge in [-0.2, -0.15) is 13.2 Å². The minimum atomic E-state index is -4.40. The van der Waals surface area contributed by atoms with Crippen molar-refractivity contribution < 1.29 is 17.9 Å². The Balaban J connectivity index is 1.47. The summed E-state index contributed by atoms with van der Waals surface area (Å²) >= 11 is 6.80. The summed E-state index contributed by atoms with van der Waals surface area (Å²) in [7, 11) is 1.54. The molecule has 6 rings (SSSR count). The number of methoxy groups -OCH3 is 1. The number of hydrogen-bond acceptors (Lipinski definition) is 8. The van der Waals surface area contributed by atoms with E-state index in [9.17, 15) is 13.2 Å². The van der Waals surface area contributed by atoms with E-state index in [0.29, 0.717) is 45.4 Å². The third kappa shape index (κ3) is 5.76. The zero-order valence-corrected chi connectivity index (χ0v) is 26.0. The number of halogens is 4. The van der Waals surface area contributed by atoms with Crippen LogP contribution in [0.2, 0.25) is 5.02 Å². The van der Waals surface area contributed by atoms with E-state index >= 15 is 0 Å². The van der Waals surface area contributed by atoms with E-state index in [-0.39, 0.29) is 18.3 Å². The smallest absolute Gasteiger partial charge is 0.413 e. The molecule has 0 amide bonds. The number of terminal acetylenes is 1. The van der Waals surface area contributed by atoms with Gasteiger partial charge in [-0.15, -0.1) is 12.0 Å². The number of fused-ring (bicyclic) bond motifs is 2. The maximum Gasteiger partial charge on any atom is 0.413 e. The van der Waals surface area contributed by atoms with Crippen molar-refractivity contribution >= 4 is 44.8 Å². The highest BCUT2D eigenvalue weighted by atomic mass is 35.5. The molecule has 1 aliphatic carbocycles. The lowest BCUT2D eigenvalue weighted by Crippen LogP contribution is -2.52. The molecule has 0 unspecified atom stereocenters. The van der Waals surface area contributed by atoms with Gasteiger partial charge in [-0.05, 0) is 48.1 Å². The fourth-order valence-corrected chi connectivity index (χ4v) is 5.76. The number of pyridine rings is 2. The first-order chi connectivity index (χ1) is 21.3. The molecule has 0 saturated heterocycles. The van der Waals surface area contributed by atoms with E-state index in [2.05, 4.69) is 58.3 Å². The normalized spacial score (nSPS) is 16.6. The molecule has 1 fully saturated rings. The Hall–Kier alpha value is -4.40. The molecule has 0 bridgehead atoms. The molecule has 2 aromatic heterocycles. The summed E-state index contributed by atoms with van der Waals surface area (Å²) in [6.07, 6.45) is 4.55. The van der Waals surface area contributed by atoms with Crippen molar-refractivity contribution in [1.29, 1.82) is 0 Å². The molecule has 45 heavy (non-hydrogen) atoms. The first-order valence-electron chi connectivity index (χ1n) is 14.5. The molecule has 2 aliphatic rings. The Morgan fingerprint density at radius 1 is 1.16 bits per heavy atom. The molecule has 1 saturated carbocycles. The second-order valence-corrected chi connectivity index (χ2v) is 12.9. The SMILES string of the molecule is C#Cc1cnc2c(Cl)cc(N[C@H](C3=CN(C4(C(F)(F)F)CC4)NN3)c3cccc4nc(OC)ccc34)cc2c1NCC(C)(C)C. The Kier molecular flexibility index (Phi) is 7.62. The number of rotatable bonds is 8. The predicted octanol–water partition coefficient (Wildman–Crippen LogP) is 7.30. The van der Waals surface area contributed by atoms with Crippen LogP contribution in [-0.4, -0.2) is 40.3 Å². The molecular weight excluding hydrogens is 603 g/mol. The molecule has 12 heteroatoms. The van der Waals surface area contributed by atoms with Gasteiger partial charge >= 0.3 is 6.18 Å². The lowest BCUT2D eigenvalue weighted by Gasteiger charge is -2.28. The molecule has 0 spiro atoms. The van der Waals surface area contributed by atoms with Crippen molar-refractivity contribution in [2.45, 2.75) is 51.4 Å². The third-order valence-corrected chi connectivity index (χ3v) is 8.35. The second kappa shape index (κ2) is 11.2. The van der Waals surface area contributed by atoms with Crippen LogP contribution in [0.1, 0.15) is 50.8 Å². The average Bonchev–Trinajstić information content (AvgIpc) is 3.68. The lowest BCUT2D eigenvalue weighted by atomic mass is 9.96. The third-order valence-electron chi connectivity index (χ3n) is 8.06. The van der Waals surface area contributed by atoms with Gasteiger partial charge in [0.2, 0.25) is 5.88 Å². The fraction of sp³-hybridized carbons (Fsp3) is 0.333. The van der Waals surface area contributed by atoms with Gasteiger partial charge in [0, 0.05) is 41.5 Å². The number of alkyl halides is 3. The van der Waals surface area contributed by atoms with E-state index in [0.717, 1.165) is 27.0 Å². The standard InChI is InChI=1S/C33H33ClF3N7O/c1-6-19-16-38-29-23(28(19)39-18-31(2,3)4)14-20(15-24(29)34)40-30(22-8-7-9-25-21(22)10-11-27(41-25)45-5)26-17-44(43-42-26)32(12-13-32)33(35,36)37/h1,7-11,14-17,30,40,42-43H,12-13,18H2,2-5H3,(H,38,39)/t30-/m0/s1. The van der Waals surface area contributed by atoms with E-state index in [1.807, 2.05) is 30.3 Å². The van der Waals surface area contributed by atoms with Crippen LogP contribution in [0.4, 0.5) is 24.5 Å². The number of hydrogen-bond donors (Lipinski definition) is 4. The quantitative estimate of drug-likeness (QED) is 0.150. The van der Waals surface area contributed by atoms with Crippen molar-refractivity contribution in [2.24, 2.45) is 5.41 Å². The molecule has 4 N–H and O–H groups in total. The molecule has 0 radical (unpaired) electrons. The van der Waals surface area contributed by atoms with Crippen LogP contribution < -0.4 is 26.3 Å². The van der Waals surface area contributed by atoms with Gasteiger partial charge in [0.05, 0.1) is 46.2 Å². The summed E-state index contributed by atoms with van der Waals surface area (Å²) in [5.41, 5.74) is 8.17. The van der Waals surface area contributed by atoms with Gasteiger partial charge in [-0.3, -0.25) is 9.99 Å².